The summed E-state index contributed by atoms with van der Waals surface area (Å²) in [6.07, 6.45) is 5.59. The highest BCUT2D eigenvalue weighted by atomic mass is 79.9. The number of hydrogen-bond acceptors (Lipinski definition) is 1. The molecule has 3 heteroatoms. The second kappa shape index (κ2) is 5.07. The molecule has 1 aliphatic rings. The summed E-state index contributed by atoms with van der Waals surface area (Å²) < 4.78 is 13.9. The molecule has 0 heterocycles. The fraction of sp³-hybridized carbons (Fsp3) is 0.571. The van der Waals surface area contributed by atoms with Crippen LogP contribution in [0.1, 0.15) is 38.2 Å². The summed E-state index contributed by atoms with van der Waals surface area (Å²) in [4.78, 5) is 0. The van der Waals surface area contributed by atoms with Crippen molar-refractivity contribution in [1.82, 2.24) is 0 Å². The zero-order chi connectivity index (χ0) is 12.5. The van der Waals surface area contributed by atoms with Crippen molar-refractivity contribution in [2.45, 2.75) is 44.6 Å². The predicted octanol–water partition coefficient (Wildman–Crippen LogP) is 4.04. The summed E-state index contributed by atoms with van der Waals surface area (Å²) in [6.45, 7) is 2.23. The van der Waals surface area contributed by atoms with Crippen LogP contribution in [0.5, 0.6) is 0 Å². The Morgan fingerprint density at radius 1 is 1.47 bits per heavy atom. The van der Waals surface area contributed by atoms with Gasteiger partial charge in [0.25, 0.3) is 0 Å². The molecule has 0 aromatic heterocycles. The van der Waals surface area contributed by atoms with Crippen molar-refractivity contribution in [2.75, 3.05) is 0 Å². The first kappa shape index (κ1) is 13.0. The molecule has 2 rings (SSSR count). The van der Waals surface area contributed by atoms with Crippen LogP contribution in [0.2, 0.25) is 0 Å². The molecule has 0 spiro atoms. The normalized spacial score (nSPS) is 29.3. The maximum absolute atomic E-state index is 13.0. The van der Waals surface area contributed by atoms with Crippen molar-refractivity contribution >= 4 is 15.9 Å². The third kappa shape index (κ3) is 2.89. The van der Waals surface area contributed by atoms with Crippen molar-refractivity contribution < 1.29 is 4.39 Å². The molecule has 0 aliphatic heterocycles. The minimum atomic E-state index is -0.205. The molecular weight excluding hydrogens is 281 g/mol. The molecule has 94 valence electrons. The smallest absolute Gasteiger partial charge is 0.124 e. The number of rotatable bonds is 2. The molecule has 1 fully saturated rings. The molecule has 2 N–H and O–H groups in total. The molecule has 1 aromatic carbocycles. The molecular formula is C14H19BrFN. The van der Waals surface area contributed by atoms with Gasteiger partial charge < -0.3 is 5.73 Å². The summed E-state index contributed by atoms with van der Waals surface area (Å²) in [5.41, 5.74) is 7.51. The summed E-state index contributed by atoms with van der Waals surface area (Å²) in [7, 11) is 0. The quantitative estimate of drug-likeness (QED) is 0.876. The molecule has 0 bridgehead atoms. The average Bonchev–Trinajstić information content (AvgIpc) is 2.27. The van der Waals surface area contributed by atoms with Gasteiger partial charge in [0.05, 0.1) is 0 Å². The van der Waals surface area contributed by atoms with Gasteiger partial charge in [-0.15, -0.1) is 0 Å². The van der Waals surface area contributed by atoms with E-state index in [-0.39, 0.29) is 11.4 Å². The van der Waals surface area contributed by atoms with Crippen LogP contribution < -0.4 is 5.73 Å². The number of hydrogen-bond donors (Lipinski definition) is 1. The lowest BCUT2D eigenvalue weighted by Crippen LogP contribution is -2.50. The van der Waals surface area contributed by atoms with Gasteiger partial charge in [-0.05, 0) is 42.9 Å². The van der Waals surface area contributed by atoms with Gasteiger partial charge in [0.15, 0.2) is 0 Å². The molecule has 1 aromatic rings. The molecule has 0 radical (unpaired) electrons. The first-order valence-electron chi connectivity index (χ1n) is 6.24. The zero-order valence-electron chi connectivity index (χ0n) is 10.2. The fourth-order valence-corrected chi connectivity index (χ4v) is 3.21. The summed E-state index contributed by atoms with van der Waals surface area (Å²) in [5, 5.41) is 0. The molecule has 1 aliphatic carbocycles. The van der Waals surface area contributed by atoms with Crippen molar-refractivity contribution in [1.29, 1.82) is 0 Å². The van der Waals surface area contributed by atoms with Crippen molar-refractivity contribution in [3.05, 3.63) is 34.1 Å². The lowest BCUT2D eigenvalue weighted by molar-refractivity contribution is 0.203. The van der Waals surface area contributed by atoms with Gasteiger partial charge >= 0.3 is 0 Å². The second-order valence-electron chi connectivity index (χ2n) is 5.29. The molecule has 17 heavy (non-hydrogen) atoms. The Morgan fingerprint density at radius 2 is 2.24 bits per heavy atom. The first-order valence-corrected chi connectivity index (χ1v) is 7.03. The van der Waals surface area contributed by atoms with Gasteiger partial charge in [-0.3, -0.25) is 0 Å². The Balaban J connectivity index is 2.19. The maximum Gasteiger partial charge on any atom is 0.124 e. The topological polar surface area (TPSA) is 26.0 Å². The minimum absolute atomic E-state index is 0.126. The van der Waals surface area contributed by atoms with Crippen LogP contribution in [-0.4, -0.2) is 5.54 Å². The molecule has 2 unspecified atom stereocenters. The highest BCUT2D eigenvalue weighted by Gasteiger charge is 2.34. The summed E-state index contributed by atoms with van der Waals surface area (Å²) in [5.74, 6) is 0.330. The summed E-state index contributed by atoms with van der Waals surface area (Å²) >= 11 is 3.42. The van der Waals surface area contributed by atoms with E-state index in [0.29, 0.717) is 5.92 Å². The van der Waals surface area contributed by atoms with Crippen LogP contribution >= 0.6 is 15.9 Å². The Hall–Kier alpha value is -0.410. The third-order valence-electron chi connectivity index (χ3n) is 4.05. The van der Waals surface area contributed by atoms with Crippen LogP contribution in [0.25, 0.3) is 0 Å². The van der Waals surface area contributed by atoms with E-state index in [1.54, 1.807) is 0 Å². The maximum atomic E-state index is 13.0. The Kier molecular flexibility index (Phi) is 3.88. The third-order valence-corrected chi connectivity index (χ3v) is 4.78. The van der Waals surface area contributed by atoms with Crippen LogP contribution in [0.3, 0.4) is 0 Å². The Labute approximate surface area is 111 Å². The largest absolute Gasteiger partial charge is 0.325 e. The minimum Gasteiger partial charge on any atom is -0.325 e. The van der Waals surface area contributed by atoms with Gasteiger partial charge in [0, 0.05) is 10.0 Å². The number of benzene rings is 1. The standard InChI is InChI=1S/C14H19BrFN/c1-10-4-2-3-7-14(10,17)9-11-5-6-12(16)8-13(11)15/h5-6,8,10H,2-4,7,9,17H2,1H3. The van der Waals surface area contributed by atoms with E-state index in [9.17, 15) is 4.39 Å². The van der Waals surface area contributed by atoms with Crippen LogP contribution in [0.15, 0.2) is 22.7 Å². The molecule has 1 saturated carbocycles. The molecule has 2 atom stereocenters. The Morgan fingerprint density at radius 3 is 2.88 bits per heavy atom. The lowest BCUT2D eigenvalue weighted by atomic mass is 9.71. The van der Waals surface area contributed by atoms with Gasteiger partial charge in [0.1, 0.15) is 5.82 Å². The number of nitrogens with two attached hydrogens (primary N) is 1. The second-order valence-corrected chi connectivity index (χ2v) is 6.15. The van der Waals surface area contributed by atoms with Crippen molar-refractivity contribution in [3.63, 3.8) is 0 Å². The van der Waals surface area contributed by atoms with Crippen LogP contribution in [0.4, 0.5) is 4.39 Å². The van der Waals surface area contributed by atoms with Gasteiger partial charge in [-0.1, -0.05) is 41.8 Å². The van der Waals surface area contributed by atoms with Crippen molar-refractivity contribution in [2.24, 2.45) is 11.7 Å². The van der Waals surface area contributed by atoms with E-state index in [1.807, 2.05) is 6.07 Å². The predicted molar refractivity (Wildman–Crippen MR) is 72.4 cm³/mol. The van der Waals surface area contributed by atoms with E-state index in [2.05, 4.69) is 22.9 Å². The van der Waals surface area contributed by atoms with Crippen LogP contribution in [0, 0.1) is 11.7 Å². The SMILES string of the molecule is CC1CCCCC1(N)Cc1ccc(F)cc1Br. The van der Waals surface area contributed by atoms with E-state index in [1.165, 1.54) is 31.4 Å². The van der Waals surface area contributed by atoms with E-state index < -0.39 is 0 Å². The van der Waals surface area contributed by atoms with Crippen molar-refractivity contribution in [3.8, 4) is 0 Å². The van der Waals surface area contributed by atoms with E-state index >= 15 is 0 Å². The summed E-state index contributed by atoms with van der Waals surface area (Å²) in [6, 6.07) is 4.87. The van der Waals surface area contributed by atoms with Gasteiger partial charge in [0.2, 0.25) is 0 Å². The monoisotopic (exact) mass is 299 g/mol. The molecule has 0 saturated heterocycles. The van der Waals surface area contributed by atoms with Gasteiger partial charge in [-0.25, -0.2) is 4.39 Å². The Bertz CT molecular complexity index is 407. The number of halogens is 2. The fourth-order valence-electron chi connectivity index (χ4n) is 2.72. The van der Waals surface area contributed by atoms with E-state index in [0.717, 1.165) is 22.9 Å². The van der Waals surface area contributed by atoms with Crippen LogP contribution in [-0.2, 0) is 6.42 Å². The lowest BCUT2D eigenvalue weighted by Gasteiger charge is -2.40. The average molecular weight is 300 g/mol. The molecule has 0 amide bonds. The molecule has 1 nitrogen and oxygen atoms in total. The highest BCUT2D eigenvalue weighted by Crippen LogP contribution is 2.35. The van der Waals surface area contributed by atoms with E-state index in [4.69, 9.17) is 5.73 Å². The highest BCUT2D eigenvalue weighted by molar-refractivity contribution is 9.10. The van der Waals surface area contributed by atoms with Gasteiger partial charge in [-0.2, -0.15) is 0 Å². The first-order chi connectivity index (χ1) is 8.01. The zero-order valence-corrected chi connectivity index (χ0v) is 11.8.